The molecule has 32 heavy (non-hydrogen) atoms. The van der Waals surface area contributed by atoms with Gasteiger partial charge in [0.05, 0.1) is 29.0 Å². The molecule has 1 aromatic carbocycles. The van der Waals surface area contributed by atoms with Gasteiger partial charge in [-0.05, 0) is 44.4 Å². The summed E-state index contributed by atoms with van der Waals surface area (Å²) in [5.41, 5.74) is 1.77. The van der Waals surface area contributed by atoms with Crippen LogP contribution in [0.25, 0.3) is 22.3 Å². The van der Waals surface area contributed by atoms with E-state index in [0.717, 1.165) is 35.7 Å². The Kier molecular flexibility index (Phi) is 3.96. The molecule has 6 rings (SSSR count). The zero-order chi connectivity index (χ0) is 22.0. The Morgan fingerprint density at radius 2 is 2.06 bits per heavy atom. The molecule has 2 aliphatic heterocycles. The molecule has 8 heteroatoms. The average molecular weight is 431 g/mol. The maximum atomic E-state index is 13.4. The summed E-state index contributed by atoms with van der Waals surface area (Å²) >= 11 is 0. The highest BCUT2D eigenvalue weighted by Crippen LogP contribution is 2.39. The Labute approximate surface area is 183 Å². The van der Waals surface area contributed by atoms with Gasteiger partial charge in [0.2, 0.25) is 5.60 Å². The number of aromatic nitrogens is 2. The van der Waals surface area contributed by atoms with Crippen LogP contribution in [0.1, 0.15) is 42.9 Å². The van der Waals surface area contributed by atoms with Crippen molar-refractivity contribution in [1.82, 2.24) is 14.9 Å². The summed E-state index contributed by atoms with van der Waals surface area (Å²) in [6.45, 7) is 1.72. The quantitative estimate of drug-likeness (QED) is 0.490. The maximum Gasteiger partial charge on any atom is 0.408 e. The van der Waals surface area contributed by atoms with Gasteiger partial charge in [0.25, 0.3) is 5.56 Å². The molecule has 1 saturated carbocycles. The molecule has 0 radical (unpaired) electrons. The first-order valence-electron chi connectivity index (χ1n) is 10.8. The summed E-state index contributed by atoms with van der Waals surface area (Å²) in [5, 5.41) is 3.77. The zero-order valence-corrected chi connectivity index (χ0v) is 17.5. The minimum atomic E-state index is -1.71. The largest absolute Gasteiger partial charge is 0.457 e. The number of amides is 1. The molecule has 3 aromatic rings. The van der Waals surface area contributed by atoms with Gasteiger partial charge in [0.15, 0.2) is 0 Å². The Morgan fingerprint density at radius 1 is 1.25 bits per heavy atom. The van der Waals surface area contributed by atoms with Crippen molar-refractivity contribution in [2.75, 3.05) is 0 Å². The Balaban J connectivity index is 1.47. The van der Waals surface area contributed by atoms with Crippen LogP contribution in [0.15, 0.2) is 41.2 Å². The van der Waals surface area contributed by atoms with Crippen LogP contribution in [0.2, 0.25) is 0 Å². The molecule has 0 unspecified atom stereocenters. The normalized spacial score (nSPS) is 21.2. The number of esters is 1. The van der Waals surface area contributed by atoms with Crippen LogP contribution in [0.5, 0.6) is 0 Å². The van der Waals surface area contributed by atoms with Crippen molar-refractivity contribution in [3.8, 4) is 11.4 Å². The van der Waals surface area contributed by atoms with E-state index in [4.69, 9.17) is 14.5 Å². The van der Waals surface area contributed by atoms with E-state index < -0.39 is 17.7 Å². The van der Waals surface area contributed by atoms with Gasteiger partial charge in [-0.25, -0.2) is 14.6 Å². The standard InChI is InChI=1S/C24H21N3O5/c1-24(32-23(30)25-15-6-4-7-15)17-10-19-20-14(9-13-5-2-3-8-18(13)26-20)11-27(19)21(28)16(17)12-31-22(24)29/h2-3,5,8-10,15H,4,6-7,11-12H2,1H3,(H,25,30)/t24-/m0/s1. The minimum absolute atomic E-state index is 0.0557. The van der Waals surface area contributed by atoms with Crippen molar-refractivity contribution in [1.29, 1.82) is 0 Å². The first-order valence-corrected chi connectivity index (χ1v) is 10.8. The molecule has 4 heterocycles. The number of pyridine rings is 2. The van der Waals surface area contributed by atoms with Crippen LogP contribution < -0.4 is 10.9 Å². The summed E-state index contributed by atoms with van der Waals surface area (Å²) in [7, 11) is 0. The van der Waals surface area contributed by atoms with E-state index >= 15 is 0 Å². The number of carbonyl (C=O) groups excluding carboxylic acids is 2. The minimum Gasteiger partial charge on any atom is -0.457 e. The fourth-order valence-corrected chi connectivity index (χ4v) is 4.70. The molecule has 1 fully saturated rings. The summed E-state index contributed by atoms with van der Waals surface area (Å²) in [5.74, 6) is -0.692. The molecule has 1 N–H and O–H groups in total. The molecule has 162 valence electrons. The number of nitrogens with zero attached hydrogens (tertiary/aromatic N) is 2. The van der Waals surface area contributed by atoms with Gasteiger partial charge < -0.3 is 19.4 Å². The van der Waals surface area contributed by atoms with Crippen molar-refractivity contribution in [3.63, 3.8) is 0 Å². The Bertz CT molecular complexity index is 1370. The van der Waals surface area contributed by atoms with E-state index in [1.54, 1.807) is 10.6 Å². The highest BCUT2D eigenvalue weighted by atomic mass is 16.6. The van der Waals surface area contributed by atoms with E-state index in [9.17, 15) is 14.4 Å². The van der Waals surface area contributed by atoms with Crippen LogP contribution in [0.4, 0.5) is 4.79 Å². The Hall–Kier alpha value is -3.68. The van der Waals surface area contributed by atoms with Gasteiger partial charge in [0.1, 0.15) is 6.61 Å². The second-order valence-electron chi connectivity index (χ2n) is 8.77. The predicted molar refractivity (Wildman–Crippen MR) is 115 cm³/mol. The number of nitrogens with one attached hydrogen (secondary N) is 1. The number of fused-ring (bicyclic) bond motifs is 5. The molecule has 3 aliphatic rings. The fourth-order valence-electron chi connectivity index (χ4n) is 4.70. The fraction of sp³-hybridized carbons (Fsp3) is 0.333. The van der Waals surface area contributed by atoms with Gasteiger partial charge in [0, 0.05) is 22.6 Å². The molecule has 8 nitrogen and oxygen atoms in total. The van der Waals surface area contributed by atoms with Gasteiger partial charge in [-0.2, -0.15) is 0 Å². The second kappa shape index (κ2) is 6.66. The van der Waals surface area contributed by atoms with Gasteiger partial charge in [-0.3, -0.25) is 4.79 Å². The third-order valence-electron chi connectivity index (χ3n) is 6.75. The summed E-state index contributed by atoms with van der Waals surface area (Å²) in [6.07, 6.45) is 2.14. The lowest BCUT2D eigenvalue weighted by molar-refractivity contribution is -0.169. The van der Waals surface area contributed by atoms with Crippen LogP contribution in [-0.2, 0) is 33.0 Å². The van der Waals surface area contributed by atoms with Crippen molar-refractivity contribution >= 4 is 23.0 Å². The Morgan fingerprint density at radius 3 is 2.84 bits per heavy atom. The number of para-hydroxylation sites is 1. The van der Waals surface area contributed by atoms with Gasteiger partial charge in [-0.1, -0.05) is 18.2 Å². The number of benzene rings is 1. The van der Waals surface area contributed by atoms with Crippen molar-refractivity contribution in [2.24, 2.45) is 0 Å². The highest BCUT2D eigenvalue weighted by molar-refractivity contribution is 5.88. The lowest BCUT2D eigenvalue weighted by Crippen LogP contribution is -2.49. The number of ether oxygens (including phenoxy) is 2. The molecule has 2 aromatic heterocycles. The summed E-state index contributed by atoms with van der Waals surface area (Å²) in [4.78, 5) is 43.4. The monoisotopic (exact) mass is 431 g/mol. The van der Waals surface area contributed by atoms with E-state index in [2.05, 4.69) is 5.32 Å². The molecular weight excluding hydrogens is 410 g/mol. The number of carbonyl (C=O) groups is 2. The van der Waals surface area contributed by atoms with Crippen LogP contribution in [-0.4, -0.2) is 27.7 Å². The predicted octanol–water partition coefficient (Wildman–Crippen LogP) is 2.98. The average Bonchev–Trinajstić information content (AvgIpc) is 3.10. The lowest BCUT2D eigenvalue weighted by Gasteiger charge is -2.34. The topological polar surface area (TPSA) is 99.5 Å². The third kappa shape index (κ3) is 2.68. The molecule has 0 saturated heterocycles. The van der Waals surface area contributed by atoms with E-state index in [0.29, 0.717) is 29.1 Å². The third-order valence-corrected chi connectivity index (χ3v) is 6.75. The molecule has 0 spiro atoms. The number of rotatable bonds is 2. The molecule has 1 atom stereocenters. The number of hydrogen-bond donors (Lipinski definition) is 1. The van der Waals surface area contributed by atoms with Crippen LogP contribution >= 0.6 is 0 Å². The molecule has 1 amide bonds. The van der Waals surface area contributed by atoms with Crippen LogP contribution in [0.3, 0.4) is 0 Å². The van der Waals surface area contributed by atoms with Gasteiger partial charge >= 0.3 is 12.1 Å². The summed E-state index contributed by atoms with van der Waals surface area (Å²) in [6, 6.07) is 11.6. The molecule has 1 aliphatic carbocycles. The van der Waals surface area contributed by atoms with E-state index in [1.165, 1.54) is 6.92 Å². The number of hydrogen-bond acceptors (Lipinski definition) is 6. The molecular formula is C24H21N3O5. The first kappa shape index (κ1) is 19.0. The van der Waals surface area contributed by atoms with E-state index in [-0.39, 0.29) is 18.2 Å². The lowest BCUT2D eigenvalue weighted by atomic mass is 9.89. The zero-order valence-electron chi connectivity index (χ0n) is 17.5. The van der Waals surface area contributed by atoms with Crippen LogP contribution in [0, 0.1) is 0 Å². The highest BCUT2D eigenvalue weighted by Gasteiger charge is 2.48. The number of alkyl carbamates (subject to hydrolysis) is 1. The first-order chi connectivity index (χ1) is 15.4. The number of cyclic esters (lactones) is 1. The van der Waals surface area contributed by atoms with Crippen molar-refractivity contribution < 1.29 is 19.1 Å². The molecule has 0 bridgehead atoms. The second-order valence-corrected chi connectivity index (χ2v) is 8.77. The van der Waals surface area contributed by atoms with Crippen molar-refractivity contribution in [3.05, 3.63) is 63.4 Å². The SMILES string of the molecule is C[C@@]1(OC(=O)NC2CCC2)C(=O)OCc2c1cc1n(c2=O)Cc2cc3ccccc3nc2-1. The maximum absolute atomic E-state index is 13.4. The van der Waals surface area contributed by atoms with E-state index in [1.807, 2.05) is 30.3 Å². The van der Waals surface area contributed by atoms with Crippen molar-refractivity contribution in [2.45, 2.75) is 51.0 Å². The smallest absolute Gasteiger partial charge is 0.408 e. The van der Waals surface area contributed by atoms with Gasteiger partial charge in [-0.15, -0.1) is 0 Å². The summed E-state index contributed by atoms with van der Waals surface area (Å²) < 4.78 is 12.5.